The quantitative estimate of drug-likeness (QED) is 0.340. The van der Waals surface area contributed by atoms with E-state index < -0.39 is 26.5 Å². The van der Waals surface area contributed by atoms with Crippen LogP contribution in [0.1, 0.15) is 17.4 Å². The maximum absolute atomic E-state index is 12.7. The number of benzene rings is 1. The molecule has 0 aliphatic carbocycles. The van der Waals surface area contributed by atoms with E-state index in [1.54, 1.807) is 6.92 Å². The van der Waals surface area contributed by atoms with E-state index in [4.69, 9.17) is 9.47 Å². The van der Waals surface area contributed by atoms with Gasteiger partial charge in [0.1, 0.15) is 6.20 Å². The lowest BCUT2D eigenvalue weighted by Crippen LogP contribution is -2.16. The van der Waals surface area contributed by atoms with Crippen LogP contribution in [0.3, 0.4) is 0 Å². The molecule has 0 unspecified atom stereocenters. The van der Waals surface area contributed by atoms with Crippen LogP contribution < -0.4 is 19.5 Å². The first-order chi connectivity index (χ1) is 15.7. The number of amides is 1. The molecule has 0 spiro atoms. The van der Waals surface area contributed by atoms with E-state index in [-0.39, 0.29) is 34.0 Å². The van der Waals surface area contributed by atoms with Crippen molar-refractivity contribution < 1.29 is 27.6 Å². The number of nitrogens with one attached hydrogen (secondary N) is 2. The highest BCUT2D eigenvalue weighted by Crippen LogP contribution is 2.23. The summed E-state index contributed by atoms with van der Waals surface area (Å²) < 4.78 is 38.8. The normalized spacial score (nSPS) is 11.0. The Morgan fingerprint density at radius 3 is 2.45 bits per heavy atom. The number of ether oxygens (including phenoxy) is 2. The minimum absolute atomic E-state index is 0.0742. The smallest absolute Gasteiger partial charge is 0.321 e. The van der Waals surface area contributed by atoms with Gasteiger partial charge in [0, 0.05) is 18.3 Å². The van der Waals surface area contributed by atoms with Crippen molar-refractivity contribution in [1.29, 1.82) is 0 Å². The fourth-order valence-corrected chi connectivity index (χ4v) is 3.62. The number of aryl methyl sites for hydroxylation is 1. The summed E-state index contributed by atoms with van der Waals surface area (Å²) in [5, 5.41) is 17.5. The molecule has 0 aliphatic rings. The van der Waals surface area contributed by atoms with Crippen LogP contribution in [0.5, 0.6) is 11.9 Å². The Bertz CT molecular complexity index is 1270. The van der Waals surface area contributed by atoms with E-state index in [0.717, 1.165) is 6.20 Å². The van der Waals surface area contributed by atoms with Gasteiger partial charge in [-0.25, -0.2) is 8.42 Å². The van der Waals surface area contributed by atoms with Crippen molar-refractivity contribution >= 4 is 33.1 Å². The minimum atomic E-state index is -4.05. The van der Waals surface area contributed by atoms with Crippen LogP contribution in [0, 0.1) is 10.1 Å². The summed E-state index contributed by atoms with van der Waals surface area (Å²) >= 11 is 0. The second-order valence-corrected chi connectivity index (χ2v) is 8.02. The van der Waals surface area contributed by atoms with Crippen molar-refractivity contribution in [3.63, 3.8) is 0 Å². The molecule has 1 aromatic carbocycles. The molecule has 3 rings (SSSR count). The highest BCUT2D eigenvalue weighted by atomic mass is 32.2. The third-order valence-corrected chi connectivity index (χ3v) is 5.58. The molecule has 14 nitrogen and oxygen atoms in total. The number of methoxy groups -OCH3 is 2. The molecule has 0 atom stereocenters. The Morgan fingerprint density at radius 1 is 1.18 bits per heavy atom. The topological polar surface area (TPSA) is 180 Å². The Labute approximate surface area is 187 Å². The zero-order valence-corrected chi connectivity index (χ0v) is 18.5. The van der Waals surface area contributed by atoms with E-state index >= 15 is 0 Å². The van der Waals surface area contributed by atoms with Crippen LogP contribution in [0.15, 0.2) is 41.4 Å². The molecule has 0 fully saturated rings. The number of hydrogen-bond acceptors (Lipinski definition) is 10. The third-order valence-electron chi connectivity index (χ3n) is 4.21. The van der Waals surface area contributed by atoms with Crippen LogP contribution in [-0.2, 0) is 16.6 Å². The van der Waals surface area contributed by atoms with Gasteiger partial charge in [-0.1, -0.05) is 0 Å². The van der Waals surface area contributed by atoms with E-state index in [1.165, 1.54) is 49.2 Å². The molecule has 2 heterocycles. The van der Waals surface area contributed by atoms with Gasteiger partial charge < -0.3 is 14.8 Å². The maximum Gasteiger partial charge on any atom is 0.321 e. The first-order valence-electron chi connectivity index (χ1n) is 9.30. The second-order valence-electron chi connectivity index (χ2n) is 6.34. The summed E-state index contributed by atoms with van der Waals surface area (Å²) in [6.45, 7) is 2.07. The van der Waals surface area contributed by atoms with E-state index in [1.807, 2.05) is 0 Å². The van der Waals surface area contributed by atoms with Crippen LogP contribution in [0.4, 0.5) is 17.2 Å². The van der Waals surface area contributed by atoms with Crippen molar-refractivity contribution in [3.8, 4) is 11.9 Å². The van der Waals surface area contributed by atoms with Gasteiger partial charge in [-0.2, -0.15) is 15.1 Å². The number of hydrogen-bond donors (Lipinski definition) is 2. The van der Waals surface area contributed by atoms with Gasteiger partial charge in [0.15, 0.2) is 5.82 Å². The molecular weight excluding hydrogens is 458 g/mol. The largest absolute Gasteiger partial charge is 0.481 e. The van der Waals surface area contributed by atoms with E-state index in [2.05, 4.69) is 25.1 Å². The number of nitro groups is 1. The van der Waals surface area contributed by atoms with Gasteiger partial charge >= 0.3 is 11.7 Å². The molecule has 3 aromatic rings. The average molecular weight is 477 g/mol. The molecule has 1 amide bonds. The summed E-state index contributed by atoms with van der Waals surface area (Å²) in [7, 11) is -1.37. The van der Waals surface area contributed by atoms with Crippen LogP contribution >= 0.6 is 0 Å². The van der Waals surface area contributed by atoms with Gasteiger partial charge in [-0.05, 0) is 31.2 Å². The molecule has 2 aromatic heterocycles. The molecular formula is C18H19N7O7S. The fourth-order valence-electron chi connectivity index (χ4n) is 2.62. The van der Waals surface area contributed by atoms with Gasteiger partial charge in [0.05, 0.1) is 24.0 Å². The molecule has 33 heavy (non-hydrogen) atoms. The zero-order valence-electron chi connectivity index (χ0n) is 17.7. The fraction of sp³-hybridized carbons (Fsp3) is 0.222. The van der Waals surface area contributed by atoms with E-state index in [0.29, 0.717) is 6.54 Å². The van der Waals surface area contributed by atoms with Crippen molar-refractivity contribution in [1.82, 2.24) is 19.7 Å². The summed E-state index contributed by atoms with van der Waals surface area (Å²) in [6, 6.07) is 6.33. The number of carbonyl (C=O) groups is 1. The SMILES string of the molecule is CCn1cc([N+](=O)[O-])c(C(=O)Nc2ccc(S(=O)(=O)Nc3cc(OC)nc(OC)n3)cc2)n1. The molecule has 0 radical (unpaired) electrons. The summed E-state index contributed by atoms with van der Waals surface area (Å²) in [5.41, 5.74) is -0.579. The molecule has 0 bridgehead atoms. The Balaban J connectivity index is 1.78. The predicted octanol–water partition coefficient (Wildman–Crippen LogP) is 1.67. The van der Waals surface area contributed by atoms with E-state index in [9.17, 15) is 23.3 Å². The number of carbonyl (C=O) groups excluding carboxylic acids is 1. The molecule has 15 heteroatoms. The maximum atomic E-state index is 12.7. The Kier molecular flexibility index (Phi) is 6.72. The Morgan fingerprint density at radius 2 is 1.88 bits per heavy atom. The number of rotatable bonds is 9. The summed E-state index contributed by atoms with van der Waals surface area (Å²) in [4.78, 5) is 30.6. The number of anilines is 2. The predicted molar refractivity (Wildman–Crippen MR) is 115 cm³/mol. The highest BCUT2D eigenvalue weighted by Gasteiger charge is 2.25. The lowest BCUT2D eigenvalue weighted by Gasteiger charge is -2.10. The molecule has 174 valence electrons. The van der Waals surface area contributed by atoms with Crippen molar-refractivity contribution in [2.45, 2.75) is 18.4 Å². The van der Waals surface area contributed by atoms with Gasteiger partial charge in [-0.3, -0.25) is 24.3 Å². The number of sulfonamides is 1. The number of nitrogens with zero attached hydrogens (tertiary/aromatic N) is 5. The molecule has 0 saturated heterocycles. The van der Waals surface area contributed by atoms with Crippen molar-refractivity contribution in [3.05, 3.63) is 52.3 Å². The standard InChI is InChI=1S/C18H19N7O7S/c1-4-24-10-13(25(27)28)16(22-24)17(26)19-11-5-7-12(8-6-11)33(29,30)23-14-9-15(31-2)21-18(20-14)32-3/h5-10H,4H2,1-3H3,(H,19,26)(H,20,21,23). The number of aromatic nitrogens is 4. The van der Waals surface area contributed by atoms with Crippen LogP contribution in [0.2, 0.25) is 0 Å². The summed E-state index contributed by atoms with van der Waals surface area (Å²) in [6.07, 6.45) is 1.16. The minimum Gasteiger partial charge on any atom is -0.481 e. The van der Waals surface area contributed by atoms with Crippen LogP contribution in [0.25, 0.3) is 0 Å². The summed E-state index contributed by atoms with van der Waals surface area (Å²) in [5.74, 6) is -0.782. The first kappa shape index (κ1) is 23.4. The average Bonchev–Trinajstić information content (AvgIpc) is 3.24. The zero-order chi connectivity index (χ0) is 24.2. The van der Waals surface area contributed by atoms with Gasteiger partial charge in [-0.15, -0.1) is 0 Å². The van der Waals surface area contributed by atoms with Crippen LogP contribution in [-0.4, -0.2) is 53.2 Å². The van der Waals surface area contributed by atoms with Crippen molar-refractivity contribution in [2.24, 2.45) is 0 Å². The second kappa shape index (κ2) is 9.47. The lowest BCUT2D eigenvalue weighted by atomic mass is 10.3. The molecule has 2 N–H and O–H groups in total. The van der Waals surface area contributed by atoms with Gasteiger partial charge in [0.2, 0.25) is 11.6 Å². The van der Waals surface area contributed by atoms with Crippen molar-refractivity contribution in [2.75, 3.05) is 24.3 Å². The highest BCUT2D eigenvalue weighted by molar-refractivity contribution is 7.92. The molecule has 0 aliphatic heterocycles. The first-order valence-corrected chi connectivity index (χ1v) is 10.8. The monoisotopic (exact) mass is 477 g/mol. The lowest BCUT2D eigenvalue weighted by molar-refractivity contribution is -0.385. The third kappa shape index (κ3) is 5.32. The Hall–Kier alpha value is -4.27. The molecule has 0 saturated carbocycles. The van der Waals surface area contributed by atoms with Gasteiger partial charge in [0.25, 0.3) is 15.9 Å².